The van der Waals surface area contributed by atoms with Crippen molar-refractivity contribution in [2.45, 2.75) is 17.7 Å². The fourth-order valence-corrected chi connectivity index (χ4v) is 4.43. The number of benzene rings is 1. The van der Waals surface area contributed by atoms with E-state index in [1.807, 2.05) is 18.2 Å². The van der Waals surface area contributed by atoms with Crippen LogP contribution in [0.3, 0.4) is 0 Å². The lowest BCUT2D eigenvalue weighted by Crippen LogP contribution is -2.13. The van der Waals surface area contributed by atoms with Gasteiger partial charge in [0, 0.05) is 6.54 Å². The van der Waals surface area contributed by atoms with E-state index in [1.165, 1.54) is 34.4 Å². The summed E-state index contributed by atoms with van der Waals surface area (Å²) in [5.74, 6) is 0.921. The molecule has 0 spiro atoms. The van der Waals surface area contributed by atoms with Gasteiger partial charge in [0.1, 0.15) is 5.75 Å². The molecule has 132 valence electrons. The molecule has 25 heavy (non-hydrogen) atoms. The van der Waals surface area contributed by atoms with E-state index in [4.69, 9.17) is 4.74 Å². The molecule has 0 radical (unpaired) electrons. The van der Waals surface area contributed by atoms with Crippen LogP contribution >= 0.6 is 34.4 Å². The van der Waals surface area contributed by atoms with Crippen molar-refractivity contribution in [3.63, 3.8) is 0 Å². The molecule has 0 aliphatic carbocycles. The first-order valence-corrected chi connectivity index (χ1v) is 10.2. The summed E-state index contributed by atoms with van der Waals surface area (Å²) in [6.45, 7) is 2.95. The third kappa shape index (κ3) is 4.80. The fourth-order valence-electron chi connectivity index (χ4n) is 1.94. The van der Waals surface area contributed by atoms with Gasteiger partial charge >= 0.3 is 0 Å². The van der Waals surface area contributed by atoms with Crippen molar-refractivity contribution in [1.82, 2.24) is 15.2 Å². The molecule has 1 amide bonds. The molecule has 0 atom stereocenters. The Hall–Kier alpha value is -1.91. The molecule has 0 bridgehead atoms. The van der Waals surface area contributed by atoms with Gasteiger partial charge in [-0.25, -0.2) is 4.98 Å². The minimum atomic E-state index is -0.116. The number of nitrogens with one attached hydrogen (secondary N) is 2. The smallest absolute Gasteiger partial charge is 0.236 e. The molecule has 0 saturated heterocycles. The number of thioether (sulfide) groups is 1. The van der Waals surface area contributed by atoms with E-state index in [2.05, 4.69) is 32.7 Å². The maximum Gasteiger partial charge on any atom is 0.236 e. The van der Waals surface area contributed by atoms with E-state index in [1.54, 1.807) is 7.11 Å². The molecule has 2 heterocycles. The Morgan fingerprint density at radius 2 is 2.16 bits per heavy atom. The fraction of sp³-hybridized carbons (Fsp3) is 0.333. The molecule has 0 unspecified atom stereocenters. The quantitative estimate of drug-likeness (QED) is 0.562. The van der Waals surface area contributed by atoms with Crippen molar-refractivity contribution in [2.24, 2.45) is 0 Å². The summed E-state index contributed by atoms with van der Waals surface area (Å²) < 4.78 is 6.93. The molecular weight excluding hydrogens is 378 g/mol. The zero-order valence-corrected chi connectivity index (χ0v) is 16.2. The normalized spacial score (nSPS) is 10.8. The minimum absolute atomic E-state index is 0.116. The van der Waals surface area contributed by atoms with Gasteiger partial charge in [-0.1, -0.05) is 41.4 Å². The Morgan fingerprint density at radius 3 is 2.96 bits per heavy atom. The summed E-state index contributed by atoms with van der Waals surface area (Å²) in [6.07, 6.45) is 1.03. The van der Waals surface area contributed by atoms with E-state index in [9.17, 15) is 4.79 Å². The van der Waals surface area contributed by atoms with E-state index < -0.39 is 0 Å². The highest BCUT2D eigenvalue weighted by molar-refractivity contribution is 8.01. The molecule has 0 aliphatic heterocycles. The molecule has 3 aromatic rings. The number of anilines is 2. The van der Waals surface area contributed by atoms with Gasteiger partial charge in [0.15, 0.2) is 9.47 Å². The lowest BCUT2D eigenvalue weighted by molar-refractivity contribution is -0.113. The van der Waals surface area contributed by atoms with Crippen molar-refractivity contribution in [3.8, 4) is 5.75 Å². The number of carbonyl (C=O) groups excluding carboxylic acids is 1. The Labute approximate surface area is 157 Å². The van der Waals surface area contributed by atoms with Crippen LogP contribution in [-0.4, -0.2) is 40.5 Å². The highest BCUT2D eigenvalue weighted by Crippen LogP contribution is 2.30. The largest absolute Gasteiger partial charge is 0.497 e. The van der Waals surface area contributed by atoms with Crippen LogP contribution in [0.5, 0.6) is 5.75 Å². The van der Waals surface area contributed by atoms with Crippen LogP contribution in [0.1, 0.15) is 13.3 Å². The zero-order valence-electron chi connectivity index (χ0n) is 13.7. The Bertz CT molecular complexity index is 864. The third-order valence-corrected chi connectivity index (χ3v) is 6.05. The molecule has 0 fully saturated rings. The van der Waals surface area contributed by atoms with Crippen LogP contribution in [0.15, 0.2) is 22.5 Å². The maximum atomic E-state index is 12.1. The van der Waals surface area contributed by atoms with Crippen LogP contribution in [0, 0.1) is 0 Å². The second-order valence-corrected chi connectivity index (χ2v) is 8.22. The second kappa shape index (κ2) is 8.45. The molecule has 10 heteroatoms. The summed E-state index contributed by atoms with van der Waals surface area (Å²) in [5, 5.41) is 15.5. The van der Waals surface area contributed by atoms with Crippen LogP contribution in [0.2, 0.25) is 0 Å². The van der Waals surface area contributed by atoms with Crippen molar-refractivity contribution < 1.29 is 9.53 Å². The van der Waals surface area contributed by atoms with Crippen molar-refractivity contribution in [2.75, 3.05) is 30.0 Å². The lowest BCUT2D eigenvalue weighted by atomic mass is 10.3. The number of methoxy groups -OCH3 is 1. The number of hydrogen-bond acceptors (Lipinski definition) is 9. The standard InChI is InChI=1S/C15H17N5O2S3/c1-3-6-16-13-19-20-15(25-13)23-8-12(21)18-14-17-10-5-4-9(22-2)7-11(10)24-14/h4-5,7H,3,6,8H2,1-2H3,(H,16,19)(H,17,18,21). The van der Waals surface area contributed by atoms with Crippen molar-refractivity contribution in [1.29, 1.82) is 0 Å². The van der Waals surface area contributed by atoms with Crippen LogP contribution in [0.4, 0.5) is 10.3 Å². The first kappa shape index (κ1) is 17.9. The van der Waals surface area contributed by atoms with E-state index in [0.717, 1.165) is 38.4 Å². The SMILES string of the molecule is CCCNc1nnc(SCC(=O)Nc2nc3ccc(OC)cc3s2)s1. The number of ether oxygens (including phenoxy) is 1. The molecule has 0 aliphatic rings. The van der Waals surface area contributed by atoms with Gasteiger partial charge in [-0.3, -0.25) is 4.79 Å². The Balaban J connectivity index is 1.54. The average Bonchev–Trinajstić information content (AvgIpc) is 3.23. The molecule has 0 saturated carbocycles. The number of thiazole rings is 1. The highest BCUT2D eigenvalue weighted by Gasteiger charge is 2.11. The van der Waals surface area contributed by atoms with Crippen LogP contribution in [0.25, 0.3) is 10.2 Å². The number of amides is 1. The number of hydrogen-bond donors (Lipinski definition) is 2. The predicted molar refractivity (Wildman–Crippen MR) is 104 cm³/mol. The van der Waals surface area contributed by atoms with Crippen molar-refractivity contribution >= 4 is 60.8 Å². The topological polar surface area (TPSA) is 89.0 Å². The first-order valence-electron chi connectivity index (χ1n) is 7.62. The van der Waals surface area contributed by atoms with Gasteiger partial charge in [-0.05, 0) is 24.6 Å². The summed E-state index contributed by atoms with van der Waals surface area (Å²) in [4.78, 5) is 16.5. The summed E-state index contributed by atoms with van der Waals surface area (Å²) in [5.41, 5.74) is 0.838. The minimum Gasteiger partial charge on any atom is -0.497 e. The first-order chi connectivity index (χ1) is 12.2. The predicted octanol–water partition coefficient (Wildman–Crippen LogP) is 3.71. The number of nitrogens with zero attached hydrogens (tertiary/aromatic N) is 3. The summed E-state index contributed by atoms with van der Waals surface area (Å²) >= 11 is 4.24. The van der Waals surface area contributed by atoms with Gasteiger partial charge in [-0.2, -0.15) is 0 Å². The van der Waals surface area contributed by atoms with Gasteiger partial charge < -0.3 is 15.4 Å². The summed E-state index contributed by atoms with van der Waals surface area (Å²) in [6, 6.07) is 5.63. The summed E-state index contributed by atoms with van der Waals surface area (Å²) in [7, 11) is 1.62. The molecule has 2 aromatic heterocycles. The number of carbonyl (C=O) groups is 1. The van der Waals surface area contributed by atoms with Crippen LogP contribution in [-0.2, 0) is 4.79 Å². The average molecular weight is 396 g/mol. The molecule has 3 rings (SSSR count). The van der Waals surface area contributed by atoms with E-state index >= 15 is 0 Å². The van der Waals surface area contributed by atoms with Gasteiger partial charge in [0.25, 0.3) is 0 Å². The number of rotatable bonds is 8. The van der Waals surface area contributed by atoms with Gasteiger partial charge in [0.2, 0.25) is 11.0 Å². The second-order valence-electron chi connectivity index (χ2n) is 4.99. The van der Waals surface area contributed by atoms with Gasteiger partial charge in [-0.15, -0.1) is 10.2 Å². The molecule has 7 nitrogen and oxygen atoms in total. The van der Waals surface area contributed by atoms with Crippen LogP contribution < -0.4 is 15.4 Å². The molecular formula is C15H17N5O2S3. The monoisotopic (exact) mass is 395 g/mol. The number of aromatic nitrogens is 3. The van der Waals surface area contributed by atoms with Crippen molar-refractivity contribution in [3.05, 3.63) is 18.2 Å². The maximum absolute atomic E-state index is 12.1. The lowest BCUT2D eigenvalue weighted by Gasteiger charge is -1.99. The zero-order chi connectivity index (χ0) is 17.6. The van der Waals surface area contributed by atoms with E-state index in [0.29, 0.717) is 5.13 Å². The Kier molecular flexibility index (Phi) is 6.05. The molecule has 2 N–H and O–H groups in total. The molecule has 1 aromatic carbocycles. The van der Waals surface area contributed by atoms with E-state index in [-0.39, 0.29) is 11.7 Å². The Morgan fingerprint density at radius 1 is 1.28 bits per heavy atom. The van der Waals surface area contributed by atoms with Gasteiger partial charge in [0.05, 0.1) is 23.1 Å². The third-order valence-electron chi connectivity index (χ3n) is 3.10. The number of fused-ring (bicyclic) bond motifs is 1. The highest BCUT2D eigenvalue weighted by atomic mass is 32.2.